The second-order valence-electron chi connectivity index (χ2n) is 5.00. The van der Waals surface area contributed by atoms with Crippen LogP contribution in [0.3, 0.4) is 0 Å². The minimum atomic E-state index is -0.948. The van der Waals surface area contributed by atoms with Crippen LogP contribution in [0.2, 0.25) is 0 Å². The number of hydrogen-bond donors (Lipinski definition) is 2. The highest BCUT2D eigenvalue weighted by atomic mass is 32.2. The van der Waals surface area contributed by atoms with Gasteiger partial charge in [-0.2, -0.15) is 0 Å². The summed E-state index contributed by atoms with van der Waals surface area (Å²) < 4.78 is 14.2. The lowest BCUT2D eigenvalue weighted by atomic mass is 9.86. The second kappa shape index (κ2) is 6.45. The van der Waals surface area contributed by atoms with E-state index in [2.05, 4.69) is 35.2 Å². The molecule has 0 aromatic heterocycles. The van der Waals surface area contributed by atoms with Gasteiger partial charge in [0, 0.05) is 12.8 Å². The van der Waals surface area contributed by atoms with Crippen LogP contribution < -0.4 is 10.0 Å². The van der Waals surface area contributed by atoms with Gasteiger partial charge in [-0.1, -0.05) is 23.8 Å². The molecule has 1 atom stereocenters. The van der Waals surface area contributed by atoms with Crippen LogP contribution >= 0.6 is 0 Å². The maximum Gasteiger partial charge on any atom is 0.0886 e. The molecule has 3 nitrogen and oxygen atoms in total. The molecule has 18 heavy (non-hydrogen) atoms. The van der Waals surface area contributed by atoms with Crippen molar-refractivity contribution < 1.29 is 4.21 Å². The Morgan fingerprint density at radius 1 is 1.39 bits per heavy atom. The van der Waals surface area contributed by atoms with Crippen molar-refractivity contribution in [2.75, 3.05) is 19.3 Å². The second-order valence-corrected chi connectivity index (χ2v) is 6.20. The molecule has 2 N–H and O–H groups in total. The van der Waals surface area contributed by atoms with Crippen molar-refractivity contribution in [3.63, 3.8) is 0 Å². The number of benzene rings is 1. The summed E-state index contributed by atoms with van der Waals surface area (Å²) in [6.45, 7) is 5.01. The van der Waals surface area contributed by atoms with E-state index >= 15 is 0 Å². The standard InChI is InChI=1S/C14H22N2OS/c1-11-3-4-14(12-5-7-15-8-6-12)13(9-11)10-16-18(2)17/h3-4,9,12,15-16H,5-8,10H2,1-2H3. The summed E-state index contributed by atoms with van der Waals surface area (Å²) in [5.41, 5.74) is 4.00. The van der Waals surface area contributed by atoms with Gasteiger partial charge in [0.05, 0.1) is 11.0 Å². The van der Waals surface area contributed by atoms with E-state index < -0.39 is 11.0 Å². The summed E-state index contributed by atoms with van der Waals surface area (Å²) in [5.74, 6) is 0.647. The SMILES string of the molecule is Cc1ccc(C2CCNCC2)c(CNS(C)=O)c1. The Balaban J connectivity index is 2.18. The maximum absolute atomic E-state index is 11.2. The highest BCUT2D eigenvalue weighted by molar-refractivity contribution is 7.82. The van der Waals surface area contributed by atoms with Gasteiger partial charge >= 0.3 is 0 Å². The Labute approximate surface area is 112 Å². The van der Waals surface area contributed by atoms with Crippen molar-refractivity contribution in [3.8, 4) is 0 Å². The summed E-state index contributed by atoms with van der Waals surface area (Å²) in [5, 5.41) is 3.40. The molecule has 0 radical (unpaired) electrons. The largest absolute Gasteiger partial charge is 0.317 e. The van der Waals surface area contributed by atoms with Gasteiger partial charge in [-0.05, 0) is 49.9 Å². The van der Waals surface area contributed by atoms with Crippen molar-refractivity contribution in [1.82, 2.24) is 10.0 Å². The van der Waals surface area contributed by atoms with Crippen molar-refractivity contribution in [2.45, 2.75) is 32.2 Å². The Bertz CT molecular complexity index is 428. The first-order valence-corrected chi connectivity index (χ1v) is 8.09. The van der Waals surface area contributed by atoms with Gasteiger partial charge in [-0.3, -0.25) is 0 Å². The first-order chi connectivity index (χ1) is 8.66. The third-order valence-electron chi connectivity index (χ3n) is 3.54. The number of piperidine rings is 1. The van der Waals surface area contributed by atoms with Crippen molar-refractivity contribution in [2.24, 2.45) is 0 Å². The molecular weight excluding hydrogens is 244 g/mol. The number of nitrogens with one attached hydrogen (secondary N) is 2. The third kappa shape index (κ3) is 3.64. The molecule has 1 aromatic carbocycles. The maximum atomic E-state index is 11.2. The van der Waals surface area contributed by atoms with E-state index in [4.69, 9.17) is 0 Å². The van der Waals surface area contributed by atoms with Gasteiger partial charge in [-0.25, -0.2) is 8.93 Å². The highest BCUT2D eigenvalue weighted by Gasteiger charge is 2.18. The molecule has 0 amide bonds. The molecule has 0 aliphatic carbocycles. The predicted molar refractivity (Wildman–Crippen MR) is 76.9 cm³/mol. The van der Waals surface area contributed by atoms with Crippen LogP contribution in [0, 0.1) is 6.92 Å². The lowest BCUT2D eigenvalue weighted by molar-refractivity contribution is 0.458. The highest BCUT2D eigenvalue weighted by Crippen LogP contribution is 2.28. The van der Waals surface area contributed by atoms with Crippen LogP contribution in [0.15, 0.2) is 18.2 Å². The number of aryl methyl sites for hydroxylation is 1. The minimum Gasteiger partial charge on any atom is -0.317 e. The average molecular weight is 266 g/mol. The summed E-state index contributed by atoms with van der Waals surface area (Å²) in [6.07, 6.45) is 4.08. The summed E-state index contributed by atoms with van der Waals surface area (Å²) in [6, 6.07) is 6.65. The van der Waals surface area contributed by atoms with Crippen LogP contribution in [0.1, 0.15) is 35.4 Å². The quantitative estimate of drug-likeness (QED) is 0.873. The van der Waals surface area contributed by atoms with E-state index in [9.17, 15) is 4.21 Å². The Morgan fingerprint density at radius 3 is 2.78 bits per heavy atom. The zero-order valence-electron chi connectivity index (χ0n) is 11.2. The van der Waals surface area contributed by atoms with Gasteiger partial charge in [0.2, 0.25) is 0 Å². The molecule has 0 spiro atoms. The molecule has 0 bridgehead atoms. The van der Waals surface area contributed by atoms with Crippen LogP contribution in [-0.4, -0.2) is 23.6 Å². The van der Waals surface area contributed by atoms with E-state index in [0.717, 1.165) is 13.1 Å². The first-order valence-electron chi connectivity index (χ1n) is 6.54. The number of hydrogen-bond acceptors (Lipinski definition) is 2. The van der Waals surface area contributed by atoms with E-state index in [1.807, 2.05) is 0 Å². The smallest absolute Gasteiger partial charge is 0.0886 e. The number of rotatable bonds is 4. The van der Waals surface area contributed by atoms with Gasteiger partial charge in [0.1, 0.15) is 0 Å². The van der Waals surface area contributed by atoms with E-state index in [0.29, 0.717) is 12.5 Å². The van der Waals surface area contributed by atoms with Gasteiger partial charge in [0.15, 0.2) is 0 Å². The fourth-order valence-electron chi connectivity index (χ4n) is 2.60. The molecule has 4 heteroatoms. The van der Waals surface area contributed by atoms with Crippen molar-refractivity contribution in [3.05, 3.63) is 34.9 Å². The summed E-state index contributed by atoms with van der Waals surface area (Å²) in [4.78, 5) is 0. The van der Waals surface area contributed by atoms with Gasteiger partial charge < -0.3 is 5.32 Å². The first kappa shape index (κ1) is 13.7. The Kier molecular flexibility index (Phi) is 4.92. The average Bonchev–Trinajstić information content (AvgIpc) is 2.37. The van der Waals surface area contributed by atoms with E-state index in [1.165, 1.54) is 29.5 Å². The van der Waals surface area contributed by atoms with Crippen LogP contribution in [0.25, 0.3) is 0 Å². The molecule has 2 rings (SSSR count). The molecule has 1 aliphatic rings. The monoisotopic (exact) mass is 266 g/mol. The Hall–Kier alpha value is -0.710. The summed E-state index contributed by atoms with van der Waals surface area (Å²) >= 11 is 0. The Morgan fingerprint density at radius 2 is 2.11 bits per heavy atom. The predicted octanol–water partition coefficient (Wildman–Crippen LogP) is 1.85. The molecule has 1 aromatic rings. The van der Waals surface area contributed by atoms with Crippen LogP contribution in [0.4, 0.5) is 0 Å². The normalized spacial score (nSPS) is 18.8. The molecule has 1 fully saturated rings. The zero-order valence-corrected chi connectivity index (χ0v) is 12.0. The molecule has 1 heterocycles. The fourth-order valence-corrected chi connectivity index (χ4v) is 2.96. The molecule has 100 valence electrons. The molecule has 1 aliphatic heterocycles. The summed E-state index contributed by atoms with van der Waals surface area (Å²) in [7, 11) is -0.948. The van der Waals surface area contributed by atoms with E-state index in [-0.39, 0.29) is 0 Å². The van der Waals surface area contributed by atoms with Gasteiger partial charge in [-0.15, -0.1) is 0 Å². The lowest BCUT2D eigenvalue weighted by Crippen LogP contribution is -2.27. The molecule has 1 unspecified atom stereocenters. The van der Waals surface area contributed by atoms with Crippen LogP contribution in [-0.2, 0) is 17.5 Å². The molecule has 0 saturated carbocycles. The van der Waals surface area contributed by atoms with Gasteiger partial charge in [0.25, 0.3) is 0 Å². The fraction of sp³-hybridized carbons (Fsp3) is 0.571. The molecule has 1 saturated heterocycles. The third-order valence-corrected chi connectivity index (χ3v) is 4.09. The topological polar surface area (TPSA) is 41.1 Å². The van der Waals surface area contributed by atoms with Crippen LogP contribution in [0.5, 0.6) is 0 Å². The van der Waals surface area contributed by atoms with E-state index in [1.54, 1.807) is 6.26 Å². The van der Waals surface area contributed by atoms with Crippen molar-refractivity contribution >= 4 is 11.0 Å². The lowest BCUT2D eigenvalue weighted by Gasteiger charge is -2.25. The zero-order chi connectivity index (χ0) is 13.0. The molecular formula is C14H22N2OS. The van der Waals surface area contributed by atoms with Crippen molar-refractivity contribution in [1.29, 1.82) is 0 Å². The minimum absolute atomic E-state index is 0.647.